The molecule has 4 heteroatoms. The molecule has 0 amide bonds. The molecule has 0 aromatic rings. The normalized spacial score (nSPS) is 26.2. The smallest absolute Gasteiger partial charge is 0.415 e. The summed E-state index contributed by atoms with van der Waals surface area (Å²) in [6, 6.07) is 0. The van der Waals surface area contributed by atoms with Crippen molar-refractivity contribution in [3.05, 3.63) is 24.7 Å². The Labute approximate surface area is 64.0 Å². The molecule has 2 aliphatic rings. The highest BCUT2D eigenvalue weighted by atomic mass is 17.0. The van der Waals surface area contributed by atoms with Crippen LogP contribution in [-0.4, -0.2) is 19.4 Å². The van der Waals surface area contributed by atoms with Gasteiger partial charge in [-0.3, -0.25) is 9.47 Å². The Morgan fingerprint density at radius 2 is 1.45 bits per heavy atom. The lowest BCUT2D eigenvalue weighted by atomic mass is 10.6. The molecule has 0 radical (unpaired) electrons. The first-order valence-corrected chi connectivity index (χ1v) is 3.35. The fourth-order valence-corrected chi connectivity index (χ4v) is 0.847. The molecule has 2 heterocycles. The Morgan fingerprint density at radius 1 is 0.909 bits per heavy atom. The largest absolute Gasteiger partial charge is 0.509 e. The van der Waals surface area contributed by atoms with E-state index in [1.807, 2.05) is 0 Å². The first-order chi connectivity index (χ1) is 5.41. The lowest BCUT2D eigenvalue weighted by Gasteiger charge is -2.32. The summed E-state index contributed by atoms with van der Waals surface area (Å²) in [7, 11) is 0. The van der Waals surface area contributed by atoms with Gasteiger partial charge in [-0.05, 0) is 12.2 Å². The van der Waals surface area contributed by atoms with Crippen LogP contribution >= 0.6 is 0 Å². The van der Waals surface area contributed by atoms with Gasteiger partial charge < -0.3 is 9.47 Å². The average molecular weight is 156 g/mol. The lowest BCUT2D eigenvalue weighted by Crippen LogP contribution is -2.42. The minimum Gasteiger partial charge on any atom is -0.415 e. The van der Waals surface area contributed by atoms with E-state index < -0.39 is 6.16 Å². The summed E-state index contributed by atoms with van der Waals surface area (Å²) in [5.74, 6) is 0. The third-order valence-corrected chi connectivity index (χ3v) is 1.33. The van der Waals surface area contributed by atoms with Gasteiger partial charge in [0.25, 0.3) is 0 Å². The van der Waals surface area contributed by atoms with Crippen LogP contribution in [0.3, 0.4) is 0 Å². The van der Waals surface area contributed by atoms with E-state index in [0.29, 0.717) is 13.2 Å². The van der Waals surface area contributed by atoms with E-state index in [4.69, 9.17) is 18.9 Å². The van der Waals surface area contributed by atoms with Gasteiger partial charge in [0.2, 0.25) is 0 Å². The number of ether oxygens (including phenoxy) is 4. The predicted octanol–water partition coefficient (Wildman–Crippen LogP) is 0.719. The molecule has 2 rings (SSSR count). The minimum atomic E-state index is -1.32. The molecule has 0 aromatic heterocycles. The fourth-order valence-electron chi connectivity index (χ4n) is 0.847. The molecular formula is C7H8O4. The summed E-state index contributed by atoms with van der Waals surface area (Å²) in [4.78, 5) is 0. The van der Waals surface area contributed by atoms with Crippen LogP contribution in [0.4, 0.5) is 0 Å². The van der Waals surface area contributed by atoms with Crippen molar-refractivity contribution in [2.75, 3.05) is 13.2 Å². The third-order valence-electron chi connectivity index (χ3n) is 1.33. The van der Waals surface area contributed by atoms with E-state index in [-0.39, 0.29) is 0 Å². The Kier molecular flexibility index (Phi) is 1.56. The molecule has 0 bridgehead atoms. The summed E-state index contributed by atoms with van der Waals surface area (Å²) in [5.41, 5.74) is 0. The van der Waals surface area contributed by atoms with Crippen LogP contribution in [-0.2, 0) is 18.9 Å². The Hall–Kier alpha value is -1.00. The molecule has 0 aliphatic carbocycles. The van der Waals surface area contributed by atoms with Crippen molar-refractivity contribution in [2.45, 2.75) is 6.16 Å². The summed E-state index contributed by atoms with van der Waals surface area (Å²) in [5, 5.41) is 0. The average Bonchev–Trinajstić information content (AvgIpc) is 2.07. The van der Waals surface area contributed by atoms with Crippen molar-refractivity contribution in [2.24, 2.45) is 0 Å². The Morgan fingerprint density at radius 3 is 1.82 bits per heavy atom. The minimum absolute atomic E-state index is 0.438. The maximum Gasteiger partial charge on any atom is 0.509 e. The van der Waals surface area contributed by atoms with Crippen LogP contribution in [0.2, 0.25) is 0 Å². The molecule has 0 saturated carbocycles. The molecule has 0 aromatic carbocycles. The predicted molar refractivity (Wildman–Crippen MR) is 35.1 cm³/mol. The van der Waals surface area contributed by atoms with Gasteiger partial charge in [-0.1, -0.05) is 0 Å². The van der Waals surface area contributed by atoms with Gasteiger partial charge in [0.05, 0.1) is 25.7 Å². The van der Waals surface area contributed by atoms with Crippen molar-refractivity contribution in [1.82, 2.24) is 0 Å². The van der Waals surface area contributed by atoms with E-state index >= 15 is 0 Å². The van der Waals surface area contributed by atoms with Crippen LogP contribution < -0.4 is 0 Å². The second-order valence-electron chi connectivity index (χ2n) is 2.10. The highest BCUT2D eigenvalue weighted by molar-refractivity contribution is 4.83. The first kappa shape index (κ1) is 6.69. The van der Waals surface area contributed by atoms with E-state index in [9.17, 15) is 0 Å². The Bertz CT molecular complexity index is 175. The van der Waals surface area contributed by atoms with E-state index in [2.05, 4.69) is 0 Å². The number of hydrogen-bond donors (Lipinski definition) is 0. The second kappa shape index (κ2) is 2.56. The van der Waals surface area contributed by atoms with Crippen molar-refractivity contribution in [3.8, 4) is 0 Å². The lowest BCUT2D eigenvalue weighted by molar-refractivity contribution is -0.475. The van der Waals surface area contributed by atoms with Crippen LogP contribution in [0.15, 0.2) is 24.7 Å². The molecule has 60 valence electrons. The van der Waals surface area contributed by atoms with Gasteiger partial charge in [0, 0.05) is 0 Å². The molecule has 0 saturated heterocycles. The van der Waals surface area contributed by atoms with Crippen LogP contribution in [0.5, 0.6) is 0 Å². The van der Waals surface area contributed by atoms with Crippen LogP contribution in [0.1, 0.15) is 0 Å². The maximum absolute atomic E-state index is 5.10. The van der Waals surface area contributed by atoms with Crippen molar-refractivity contribution < 1.29 is 18.9 Å². The molecule has 1 spiro atoms. The maximum atomic E-state index is 5.10. The summed E-state index contributed by atoms with van der Waals surface area (Å²) < 4.78 is 20.2. The number of rotatable bonds is 0. The second-order valence-corrected chi connectivity index (χ2v) is 2.10. The highest BCUT2D eigenvalue weighted by Gasteiger charge is 2.39. The zero-order valence-corrected chi connectivity index (χ0v) is 5.86. The zero-order valence-electron chi connectivity index (χ0n) is 5.86. The Balaban J connectivity index is 2.09. The summed E-state index contributed by atoms with van der Waals surface area (Å²) in [6.45, 7) is 0.877. The van der Waals surface area contributed by atoms with E-state index in [0.717, 1.165) is 0 Å². The van der Waals surface area contributed by atoms with Gasteiger partial charge in [-0.2, -0.15) is 0 Å². The van der Waals surface area contributed by atoms with Gasteiger partial charge in [-0.15, -0.1) is 0 Å². The van der Waals surface area contributed by atoms with Gasteiger partial charge in [0.1, 0.15) is 0 Å². The SMILES string of the molecule is C1=COC2(OC=CCO2)OC1. The van der Waals surface area contributed by atoms with Crippen LogP contribution in [0, 0.1) is 0 Å². The zero-order chi connectivity index (χ0) is 7.57. The third kappa shape index (κ3) is 1.22. The standard InChI is InChI=1S/C7H8O4/c1-3-8-7(9-4-1)10-5-2-6-11-7/h1-3,5H,4,6H2. The van der Waals surface area contributed by atoms with Gasteiger partial charge in [0.15, 0.2) is 0 Å². The molecular weight excluding hydrogens is 148 g/mol. The first-order valence-electron chi connectivity index (χ1n) is 3.35. The quantitative estimate of drug-likeness (QED) is 0.517. The van der Waals surface area contributed by atoms with Crippen molar-refractivity contribution >= 4 is 0 Å². The summed E-state index contributed by atoms with van der Waals surface area (Å²) in [6.07, 6.45) is 5.15. The molecule has 11 heavy (non-hydrogen) atoms. The highest BCUT2D eigenvalue weighted by Crippen LogP contribution is 2.23. The van der Waals surface area contributed by atoms with Gasteiger partial charge >= 0.3 is 6.16 Å². The topological polar surface area (TPSA) is 36.9 Å². The fraction of sp³-hybridized carbons (Fsp3) is 0.429. The number of hydrogen-bond acceptors (Lipinski definition) is 4. The molecule has 0 unspecified atom stereocenters. The van der Waals surface area contributed by atoms with Crippen LogP contribution in [0.25, 0.3) is 0 Å². The van der Waals surface area contributed by atoms with Crippen molar-refractivity contribution in [3.63, 3.8) is 0 Å². The monoisotopic (exact) mass is 156 g/mol. The molecule has 0 fully saturated rings. The van der Waals surface area contributed by atoms with Crippen molar-refractivity contribution in [1.29, 1.82) is 0 Å². The van der Waals surface area contributed by atoms with Gasteiger partial charge in [-0.25, -0.2) is 0 Å². The molecule has 0 N–H and O–H groups in total. The molecule has 4 nitrogen and oxygen atoms in total. The molecule has 2 aliphatic heterocycles. The molecule has 0 atom stereocenters. The summed E-state index contributed by atoms with van der Waals surface area (Å²) >= 11 is 0. The van der Waals surface area contributed by atoms with E-state index in [1.165, 1.54) is 12.5 Å². The van der Waals surface area contributed by atoms with E-state index in [1.54, 1.807) is 12.2 Å².